The Morgan fingerprint density at radius 2 is 1.81 bits per heavy atom. The van der Waals surface area contributed by atoms with E-state index in [0.29, 0.717) is 19.8 Å². The van der Waals surface area contributed by atoms with Crippen molar-refractivity contribution in [1.29, 1.82) is 0 Å². The lowest BCUT2D eigenvalue weighted by Crippen LogP contribution is -2.30. The Morgan fingerprint density at radius 3 is 2.55 bits per heavy atom. The highest BCUT2D eigenvalue weighted by molar-refractivity contribution is 5.93. The molecule has 0 radical (unpaired) electrons. The number of nitrogens with zero attached hydrogens (tertiary/aromatic N) is 3. The molecule has 3 heterocycles. The molecule has 2 aromatic rings. The molecule has 7 nitrogen and oxygen atoms in total. The number of benzene rings is 1. The molecular weight excluding hydrogens is 390 g/mol. The normalized spacial score (nSPS) is 16.9. The zero-order chi connectivity index (χ0) is 21.3. The minimum Gasteiger partial charge on any atom is -0.490 e. The molecule has 4 rings (SSSR count). The molecule has 1 saturated heterocycles. The number of hydrogen-bond acceptors (Lipinski definition) is 5. The van der Waals surface area contributed by atoms with Crippen LogP contribution in [0.5, 0.6) is 11.5 Å². The van der Waals surface area contributed by atoms with Gasteiger partial charge < -0.3 is 25.0 Å². The van der Waals surface area contributed by atoms with Crippen molar-refractivity contribution in [3.8, 4) is 11.5 Å². The van der Waals surface area contributed by atoms with Gasteiger partial charge in [-0.2, -0.15) is 0 Å². The molecule has 1 aromatic carbocycles. The van der Waals surface area contributed by atoms with E-state index in [0.717, 1.165) is 60.6 Å². The number of rotatable bonds is 5. The van der Waals surface area contributed by atoms with Crippen LogP contribution in [0.25, 0.3) is 0 Å². The molecule has 2 aliphatic rings. The number of pyridine rings is 1. The second-order valence-corrected chi connectivity index (χ2v) is 7.96. The van der Waals surface area contributed by atoms with Gasteiger partial charge in [-0.25, -0.2) is 9.98 Å². The molecule has 0 amide bonds. The summed E-state index contributed by atoms with van der Waals surface area (Å²) in [5.74, 6) is 3.37. The molecule has 7 heteroatoms. The van der Waals surface area contributed by atoms with Crippen molar-refractivity contribution in [3.05, 3.63) is 42.1 Å². The van der Waals surface area contributed by atoms with Crippen molar-refractivity contribution in [2.24, 2.45) is 4.99 Å². The molecule has 0 bridgehead atoms. The van der Waals surface area contributed by atoms with Crippen LogP contribution in [0, 0.1) is 0 Å². The number of aliphatic imine (C=N–C) groups is 1. The average Bonchev–Trinajstić information content (AvgIpc) is 3.21. The highest BCUT2D eigenvalue weighted by atomic mass is 16.5. The Labute approximate surface area is 184 Å². The summed E-state index contributed by atoms with van der Waals surface area (Å²) in [5, 5.41) is 6.67. The Morgan fingerprint density at radius 1 is 1.00 bits per heavy atom. The summed E-state index contributed by atoms with van der Waals surface area (Å²) in [6, 6.07) is 10.1. The molecule has 0 unspecified atom stereocenters. The van der Waals surface area contributed by atoms with Gasteiger partial charge in [-0.1, -0.05) is 18.9 Å². The summed E-state index contributed by atoms with van der Waals surface area (Å²) in [6.45, 7) is 6.97. The van der Waals surface area contributed by atoms with Gasteiger partial charge in [0.05, 0.1) is 19.8 Å². The maximum atomic E-state index is 5.79. The molecule has 2 aliphatic heterocycles. The monoisotopic (exact) mass is 423 g/mol. The van der Waals surface area contributed by atoms with Crippen molar-refractivity contribution < 1.29 is 9.47 Å². The predicted molar refractivity (Wildman–Crippen MR) is 125 cm³/mol. The first kappa shape index (κ1) is 21.3. The van der Waals surface area contributed by atoms with Crippen molar-refractivity contribution in [1.82, 2.24) is 10.3 Å². The fourth-order valence-electron chi connectivity index (χ4n) is 3.85. The lowest BCUT2D eigenvalue weighted by Gasteiger charge is -2.21. The van der Waals surface area contributed by atoms with Gasteiger partial charge in [0.1, 0.15) is 5.82 Å². The van der Waals surface area contributed by atoms with Crippen LogP contribution in [0.15, 0.2) is 41.5 Å². The first-order chi connectivity index (χ1) is 15.3. The van der Waals surface area contributed by atoms with Crippen LogP contribution < -0.4 is 25.0 Å². The van der Waals surface area contributed by atoms with Crippen LogP contribution in [0.2, 0.25) is 0 Å². The number of guanidine groups is 1. The molecule has 0 atom stereocenters. The highest BCUT2D eigenvalue weighted by Gasteiger charge is 2.12. The Balaban J connectivity index is 1.40. The van der Waals surface area contributed by atoms with Gasteiger partial charge in [-0.15, -0.1) is 0 Å². The third-order valence-corrected chi connectivity index (χ3v) is 5.51. The second-order valence-electron chi connectivity index (χ2n) is 7.96. The topological polar surface area (TPSA) is 71.0 Å². The Bertz CT molecular complexity index is 861. The first-order valence-electron chi connectivity index (χ1n) is 11.5. The SMILES string of the molecule is CCNC(=NCc1ccc(N2CCCCCC2)nc1)Nc1ccc2c(c1)OCCCO2. The predicted octanol–water partition coefficient (Wildman–Crippen LogP) is 4.20. The van der Waals surface area contributed by atoms with E-state index < -0.39 is 0 Å². The zero-order valence-corrected chi connectivity index (χ0v) is 18.4. The number of hydrogen-bond donors (Lipinski definition) is 2. The van der Waals surface area contributed by atoms with Gasteiger partial charge in [0.2, 0.25) is 0 Å². The highest BCUT2D eigenvalue weighted by Crippen LogP contribution is 2.32. The van der Waals surface area contributed by atoms with Crippen molar-refractivity contribution >= 4 is 17.5 Å². The van der Waals surface area contributed by atoms with E-state index in [-0.39, 0.29) is 0 Å². The molecule has 2 N–H and O–H groups in total. The van der Waals surface area contributed by atoms with E-state index in [1.807, 2.05) is 24.4 Å². The number of ether oxygens (including phenoxy) is 2. The van der Waals surface area contributed by atoms with E-state index in [1.54, 1.807) is 0 Å². The third kappa shape index (κ3) is 6.03. The van der Waals surface area contributed by atoms with Gasteiger partial charge in [-0.3, -0.25) is 0 Å². The van der Waals surface area contributed by atoms with Crippen molar-refractivity contribution in [2.45, 2.75) is 45.6 Å². The van der Waals surface area contributed by atoms with Gasteiger partial charge in [0.15, 0.2) is 17.5 Å². The van der Waals surface area contributed by atoms with E-state index in [4.69, 9.17) is 19.5 Å². The summed E-state index contributed by atoms with van der Waals surface area (Å²) in [5.41, 5.74) is 2.01. The lowest BCUT2D eigenvalue weighted by molar-refractivity contribution is 0.297. The van der Waals surface area contributed by atoms with Gasteiger partial charge in [0, 0.05) is 44.0 Å². The molecule has 1 fully saturated rings. The van der Waals surface area contributed by atoms with Crippen LogP contribution in [0.1, 0.15) is 44.6 Å². The summed E-state index contributed by atoms with van der Waals surface area (Å²) < 4.78 is 11.5. The summed E-state index contributed by atoms with van der Waals surface area (Å²) in [7, 11) is 0. The quantitative estimate of drug-likeness (QED) is 0.555. The van der Waals surface area contributed by atoms with E-state index >= 15 is 0 Å². The minimum atomic E-state index is 0.563. The molecule has 0 aliphatic carbocycles. The average molecular weight is 424 g/mol. The van der Waals surface area contributed by atoms with Crippen LogP contribution in [-0.2, 0) is 6.54 Å². The molecule has 0 spiro atoms. The molecule has 0 saturated carbocycles. The maximum Gasteiger partial charge on any atom is 0.196 e. The number of nitrogens with one attached hydrogen (secondary N) is 2. The van der Waals surface area contributed by atoms with Crippen molar-refractivity contribution in [3.63, 3.8) is 0 Å². The van der Waals surface area contributed by atoms with E-state index in [2.05, 4.69) is 34.6 Å². The van der Waals surface area contributed by atoms with Crippen LogP contribution in [0.3, 0.4) is 0 Å². The maximum absolute atomic E-state index is 5.79. The van der Waals surface area contributed by atoms with Crippen LogP contribution in [-0.4, -0.2) is 43.8 Å². The summed E-state index contributed by atoms with van der Waals surface area (Å²) >= 11 is 0. The van der Waals surface area contributed by atoms with E-state index in [9.17, 15) is 0 Å². The van der Waals surface area contributed by atoms with Gasteiger partial charge in [0.25, 0.3) is 0 Å². The smallest absolute Gasteiger partial charge is 0.196 e. The number of aromatic nitrogens is 1. The summed E-state index contributed by atoms with van der Waals surface area (Å²) in [6.07, 6.45) is 8.00. The van der Waals surface area contributed by atoms with Crippen LogP contribution >= 0.6 is 0 Å². The summed E-state index contributed by atoms with van der Waals surface area (Å²) in [4.78, 5) is 11.8. The fourth-order valence-corrected chi connectivity index (χ4v) is 3.85. The van der Waals surface area contributed by atoms with E-state index in [1.165, 1.54) is 25.7 Å². The van der Waals surface area contributed by atoms with Gasteiger partial charge >= 0.3 is 0 Å². The minimum absolute atomic E-state index is 0.563. The molecule has 1 aromatic heterocycles. The second kappa shape index (κ2) is 10.9. The number of fused-ring (bicyclic) bond motifs is 1. The first-order valence-corrected chi connectivity index (χ1v) is 11.5. The lowest BCUT2D eigenvalue weighted by atomic mass is 10.2. The largest absolute Gasteiger partial charge is 0.490 e. The van der Waals surface area contributed by atoms with Crippen LogP contribution in [0.4, 0.5) is 11.5 Å². The third-order valence-electron chi connectivity index (χ3n) is 5.51. The Hall–Kier alpha value is -2.96. The molecule has 166 valence electrons. The van der Waals surface area contributed by atoms with Crippen molar-refractivity contribution in [2.75, 3.05) is 43.1 Å². The standard InChI is InChI=1S/C24H33N5O2/c1-2-25-24(28-20-9-10-21-22(16-20)31-15-7-14-30-21)27-18-19-8-11-23(26-17-19)29-12-5-3-4-6-13-29/h8-11,16-17H,2-7,12-15,18H2,1H3,(H2,25,27,28). The fraction of sp³-hybridized carbons (Fsp3) is 0.500. The molecular formula is C24H33N5O2. The number of anilines is 2. The Kier molecular flexibility index (Phi) is 7.47. The zero-order valence-electron chi connectivity index (χ0n) is 18.4. The van der Waals surface area contributed by atoms with Gasteiger partial charge in [-0.05, 0) is 43.5 Å². The molecule has 31 heavy (non-hydrogen) atoms.